The molecule has 0 bridgehead atoms. The van der Waals surface area contributed by atoms with Crippen LogP contribution in [0.2, 0.25) is 0 Å². The normalized spacial score (nSPS) is 14.9. The van der Waals surface area contributed by atoms with Crippen molar-refractivity contribution in [2.45, 2.75) is 33.1 Å². The number of rotatable bonds is 11. The number of hydrogen-bond donors (Lipinski definition) is 3. The Morgan fingerprint density at radius 2 is 1.74 bits per heavy atom. The first-order chi connectivity index (χ1) is 20.5. The standard InChI is InChI=1S/C31H41N5O6S/c1-6-43(38,39)35-26-20-21(31(2,3)4)19-25(29(26)40-5)33-30(37)28(34-32)24-11-12-27(23-10-8-7-9-22(23)24)42-18-15-36-13-16-41-17-14-36/h7-12,19-20,35H,6,13-18,32H2,1-5H3,(H,33,37). The van der Waals surface area contributed by atoms with Crippen molar-refractivity contribution >= 4 is 43.8 Å². The van der Waals surface area contributed by atoms with Crippen LogP contribution in [-0.4, -0.2) is 77.3 Å². The van der Waals surface area contributed by atoms with Gasteiger partial charge in [0, 0.05) is 30.6 Å². The molecular formula is C31H41N5O6S. The first-order valence-corrected chi connectivity index (χ1v) is 15.9. The van der Waals surface area contributed by atoms with E-state index in [0.29, 0.717) is 17.9 Å². The molecule has 0 spiro atoms. The highest BCUT2D eigenvalue weighted by molar-refractivity contribution is 7.92. The quantitative estimate of drug-likeness (QED) is 0.168. The number of benzene rings is 3. The molecule has 232 valence electrons. The number of anilines is 2. The number of hydrogen-bond acceptors (Lipinski definition) is 9. The van der Waals surface area contributed by atoms with Gasteiger partial charge in [0.1, 0.15) is 12.4 Å². The highest BCUT2D eigenvalue weighted by Crippen LogP contribution is 2.39. The Kier molecular flexibility index (Phi) is 10.2. The maximum absolute atomic E-state index is 13.7. The zero-order valence-electron chi connectivity index (χ0n) is 25.4. The first-order valence-electron chi connectivity index (χ1n) is 14.2. The Labute approximate surface area is 253 Å². The predicted molar refractivity (Wildman–Crippen MR) is 171 cm³/mol. The monoisotopic (exact) mass is 611 g/mol. The van der Waals surface area contributed by atoms with Gasteiger partial charge in [0.05, 0.1) is 37.5 Å². The summed E-state index contributed by atoms with van der Waals surface area (Å²) >= 11 is 0. The minimum absolute atomic E-state index is 0.00466. The van der Waals surface area contributed by atoms with Crippen molar-refractivity contribution < 1.29 is 27.4 Å². The number of morpholine rings is 1. The predicted octanol–water partition coefficient (Wildman–Crippen LogP) is 3.92. The minimum atomic E-state index is -3.62. The van der Waals surface area contributed by atoms with Gasteiger partial charge in [-0.15, -0.1) is 0 Å². The summed E-state index contributed by atoms with van der Waals surface area (Å²) in [6.45, 7) is 12.0. The van der Waals surface area contributed by atoms with Crippen molar-refractivity contribution in [1.82, 2.24) is 4.90 Å². The van der Waals surface area contributed by atoms with E-state index in [0.717, 1.165) is 49.2 Å². The molecule has 0 aliphatic carbocycles. The van der Waals surface area contributed by atoms with Crippen molar-refractivity contribution in [1.29, 1.82) is 0 Å². The SMILES string of the molecule is CCS(=O)(=O)Nc1cc(C(C)(C)C)cc(NC(=O)C(=NN)c2ccc(OCCN3CCOCC3)c3ccccc23)c1OC. The summed E-state index contributed by atoms with van der Waals surface area (Å²) < 4.78 is 44.7. The van der Waals surface area contributed by atoms with E-state index in [-0.39, 0.29) is 34.0 Å². The summed E-state index contributed by atoms with van der Waals surface area (Å²) in [5, 5.41) is 8.30. The second kappa shape index (κ2) is 13.6. The van der Waals surface area contributed by atoms with Crippen LogP contribution in [0, 0.1) is 0 Å². The second-order valence-electron chi connectivity index (χ2n) is 11.3. The number of hydrazone groups is 1. The van der Waals surface area contributed by atoms with Gasteiger partial charge in [-0.3, -0.25) is 14.4 Å². The van der Waals surface area contributed by atoms with E-state index < -0.39 is 15.9 Å². The number of ether oxygens (including phenoxy) is 3. The number of methoxy groups -OCH3 is 1. The first kappa shape index (κ1) is 32.1. The average molecular weight is 612 g/mol. The summed E-state index contributed by atoms with van der Waals surface area (Å²) in [6.07, 6.45) is 0. The van der Waals surface area contributed by atoms with Crippen LogP contribution in [0.1, 0.15) is 38.8 Å². The van der Waals surface area contributed by atoms with E-state index in [2.05, 4.69) is 20.0 Å². The Hall–Kier alpha value is -3.87. The number of nitrogens with one attached hydrogen (secondary N) is 2. The summed E-state index contributed by atoms with van der Waals surface area (Å²) in [7, 11) is -2.21. The summed E-state index contributed by atoms with van der Waals surface area (Å²) in [6, 6.07) is 14.6. The lowest BCUT2D eigenvalue weighted by Crippen LogP contribution is -2.38. The van der Waals surface area contributed by atoms with Crippen LogP contribution in [0.15, 0.2) is 53.6 Å². The van der Waals surface area contributed by atoms with Gasteiger partial charge in [-0.1, -0.05) is 45.0 Å². The van der Waals surface area contributed by atoms with Crippen LogP contribution in [0.4, 0.5) is 11.4 Å². The molecule has 4 rings (SSSR count). The molecule has 3 aromatic rings. The van der Waals surface area contributed by atoms with E-state index in [1.807, 2.05) is 51.1 Å². The van der Waals surface area contributed by atoms with Gasteiger partial charge in [0.15, 0.2) is 11.5 Å². The zero-order valence-corrected chi connectivity index (χ0v) is 26.2. The highest BCUT2D eigenvalue weighted by atomic mass is 32.2. The Bertz CT molecular complexity index is 1590. The number of nitrogens with zero attached hydrogens (tertiary/aromatic N) is 2. The maximum atomic E-state index is 13.7. The topological polar surface area (TPSA) is 145 Å². The molecule has 1 aliphatic heterocycles. The molecule has 0 saturated carbocycles. The van der Waals surface area contributed by atoms with Gasteiger partial charge < -0.3 is 25.4 Å². The Morgan fingerprint density at radius 3 is 2.37 bits per heavy atom. The van der Waals surface area contributed by atoms with E-state index in [1.165, 1.54) is 7.11 Å². The molecule has 1 saturated heterocycles. The maximum Gasteiger partial charge on any atom is 0.276 e. The average Bonchev–Trinajstić information content (AvgIpc) is 2.98. The van der Waals surface area contributed by atoms with Gasteiger partial charge in [0.2, 0.25) is 10.0 Å². The van der Waals surface area contributed by atoms with Gasteiger partial charge in [-0.2, -0.15) is 5.10 Å². The lowest BCUT2D eigenvalue weighted by molar-refractivity contribution is -0.110. The third-order valence-electron chi connectivity index (χ3n) is 7.30. The summed E-state index contributed by atoms with van der Waals surface area (Å²) in [4.78, 5) is 16.0. The summed E-state index contributed by atoms with van der Waals surface area (Å²) in [5.41, 5.74) is 1.44. The van der Waals surface area contributed by atoms with Gasteiger partial charge in [0.25, 0.3) is 5.91 Å². The van der Waals surface area contributed by atoms with Crippen LogP contribution < -0.4 is 25.4 Å². The fraction of sp³-hybridized carbons (Fsp3) is 0.419. The van der Waals surface area contributed by atoms with Gasteiger partial charge in [-0.05, 0) is 47.6 Å². The van der Waals surface area contributed by atoms with Crippen LogP contribution in [0.3, 0.4) is 0 Å². The minimum Gasteiger partial charge on any atom is -0.492 e. The number of fused-ring (bicyclic) bond motifs is 1. The second-order valence-corrected chi connectivity index (χ2v) is 13.3. The highest BCUT2D eigenvalue weighted by Gasteiger charge is 2.25. The fourth-order valence-electron chi connectivity index (χ4n) is 4.84. The lowest BCUT2D eigenvalue weighted by Gasteiger charge is -2.26. The van der Waals surface area contributed by atoms with Crippen molar-refractivity contribution in [3.05, 3.63) is 59.7 Å². The molecule has 11 nitrogen and oxygen atoms in total. The van der Waals surface area contributed by atoms with Crippen LogP contribution in [0.5, 0.6) is 11.5 Å². The van der Waals surface area contributed by atoms with E-state index >= 15 is 0 Å². The lowest BCUT2D eigenvalue weighted by atomic mass is 9.86. The van der Waals surface area contributed by atoms with Gasteiger partial charge in [-0.25, -0.2) is 8.42 Å². The van der Waals surface area contributed by atoms with Crippen molar-refractivity contribution in [3.8, 4) is 11.5 Å². The molecule has 4 N–H and O–H groups in total. The van der Waals surface area contributed by atoms with Crippen molar-refractivity contribution in [2.75, 3.05) is 62.4 Å². The molecule has 0 aromatic heterocycles. The third-order valence-corrected chi connectivity index (χ3v) is 8.60. The van der Waals surface area contributed by atoms with E-state index in [9.17, 15) is 13.2 Å². The summed E-state index contributed by atoms with van der Waals surface area (Å²) in [5.74, 6) is 5.97. The molecule has 0 unspecified atom stereocenters. The number of carbonyl (C=O) groups is 1. The molecule has 1 amide bonds. The third kappa shape index (κ3) is 7.75. The molecule has 43 heavy (non-hydrogen) atoms. The van der Waals surface area contributed by atoms with E-state index in [1.54, 1.807) is 25.1 Å². The number of sulfonamides is 1. The smallest absolute Gasteiger partial charge is 0.276 e. The van der Waals surface area contributed by atoms with Crippen LogP contribution in [-0.2, 0) is 25.0 Å². The van der Waals surface area contributed by atoms with Crippen LogP contribution >= 0.6 is 0 Å². The largest absolute Gasteiger partial charge is 0.492 e. The van der Waals surface area contributed by atoms with Crippen molar-refractivity contribution in [2.24, 2.45) is 10.9 Å². The fourth-order valence-corrected chi connectivity index (χ4v) is 5.47. The molecule has 12 heteroatoms. The molecule has 0 atom stereocenters. The molecule has 3 aromatic carbocycles. The molecule has 1 fully saturated rings. The molecule has 1 aliphatic rings. The Morgan fingerprint density at radius 1 is 1.07 bits per heavy atom. The van der Waals surface area contributed by atoms with Crippen molar-refractivity contribution in [3.63, 3.8) is 0 Å². The zero-order chi connectivity index (χ0) is 31.2. The van der Waals surface area contributed by atoms with Crippen LogP contribution in [0.25, 0.3) is 10.8 Å². The molecule has 0 radical (unpaired) electrons. The van der Waals surface area contributed by atoms with E-state index in [4.69, 9.17) is 20.1 Å². The molecule has 1 heterocycles. The Balaban J connectivity index is 1.65. The number of carbonyl (C=O) groups excluding carboxylic acids is 1. The van der Waals surface area contributed by atoms with Gasteiger partial charge >= 0.3 is 0 Å². The molecular weight excluding hydrogens is 570 g/mol. The number of amides is 1. The number of nitrogens with two attached hydrogens (primary N) is 1.